The van der Waals surface area contributed by atoms with Crippen molar-refractivity contribution >= 4 is 0 Å². The molecule has 100 valence electrons. The monoisotopic (exact) mass is 269 g/mol. The van der Waals surface area contributed by atoms with Gasteiger partial charge in [-0.3, -0.25) is 0 Å². The molecule has 1 rings (SSSR count). The van der Waals surface area contributed by atoms with E-state index in [0.717, 1.165) is 0 Å². The molecular weight excluding hydrogens is 260 g/mol. The molecule has 7 heteroatoms. The normalized spacial score (nSPS) is 11.3. The van der Waals surface area contributed by atoms with Crippen LogP contribution in [0.15, 0.2) is 18.2 Å². The van der Waals surface area contributed by atoms with Crippen molar-refractivity contribution in [1.29, 1.82) is 5.26 Å². The lowest BCUT2D eigenvalue weighted by atomic mass is 10.1. The van der Waals surface area contributed by atoms with Gasteiger partial charge < -0.3 is 0 Å². The van der Waals surface area contributed by atoms with E-state index in [2.05, 4.69) is 0 Å². The Labute approximate surface area is 99.6 Å². The van der Waals surface area contributed by atoms with Crippen molar-refractivity contribution in [2.45, 2.75) is 26.2 Å². The predicted molar refractivity (Wildman–Crippen MR) is 52.5 cm³/mol. The molecule has 0 fully saturated rings. The molecule has 0 N–H and O–H groups in total. The number of hydrogen-bond donors (Lipinski definition) is 0. The van der Waals surface area contributed by atoms with Crippen LogP contribution in [0.3, 0.4) is 0 Å². The highest BCUT2D eigenvalue weighted by molar-refractivity contribution is 5.39. The van der Waals surface area contributed by atoms with Crippen LogP contribution in [0.25, 0.3) is 0 Å². The molecule has 0 heterocycles. The summed E-state index contributed by atoms with van der Waals surface area (Å²) in [6.45, 7) is 4.00. The molecule has 0 unspecified atom stereocenters. The zero-order valence-corrected chi connectivity index (χ0v) is 9.45. The van der Waals surface area contributed by atoms with Crippen LogP contribution in [0, 0.1) is 11.3 Å². The number of nitrogens with zero attached hydrogens (tertiary/aromatic N) is 1. The van der Waals surface area contributed by atoms with Crippen molar-refractivity contribution in [2.24, 2.45) is 0 Å². The molecule has 0 aliphatic carbocycles. The second kappa shape index (κ2) is 5.76. The van der Waals surface area contributed by atoms with Crippen LogP contribution in [-0.4, -0.2) is 0 Å². The van der Waals surface area contributed by atoms with Gasteiger partial charge in [0.1, 0.15) is 0 Å². The average molecular weight is 269 g/mol. The van der Waals surface area contributed by atoms with Crippen LogP contribution in [0.1, 0.15) is 30.5 Å². The van der Waals surface area contributed by atoms with Crippen molar-refractivity contribution in [1.82, 2.24) is 0 Å². The van der Waals surface area contributed by atoms with Gasteiger partial charge in [0, 0.05) is 0 Å². The van der Waals surface area contributed by atoms with E-state index in [1.54, 1.807) is 0 Å². The number of rotatable bonds is 0. The lowest BCUT2D eigenvalue weighted by molar-refractivity contribution is -0.143. The Hall–Kier alpha value is -1.71. The first-order valence-corrected chi connectivity index (χ1v) is 4.84. The molecule has 0 saturated carbocycles. The third kappa shape index (κ3) is 4.28. The summed E-state index contributed by atoms with van der Waals surface area (Å²) in [6.07, 6.45) is -9.82. The zero-order chi connectivity index (χ0) is 14.6. The Bertz CT molecular complexity index is 406. The van der Waals surface area contributed by atoms with Crippen LogP contribution in [0.2, 0.25) is 0 Å². The first kappa shape index (κ1) is 16.3. The van der Waals surface area contributed by atoms with E-state index in [9.17, 15) is 26.3 Å². The summed E-state index contributed by atoms with van der Waals surface area (Å²) < 4.78 is 73.2. The number of benzene rings is 1. The van der Waals surface area contributed by atoms with Crippen molar-refractivity contribution < 1.29 is 26.3 Å². The molecule has 0 bridgehead atoms. The fourth-order valence-electron chi connectivity index (χ4n) is 1.02. The summed E-state index contributed by atoms with van der Waals surface area (Å²) in [4.78, 5) is 0. The van der Waals surface area contributed by atoms with Crippen LogP contribution >= 0.6 is 0 Å². The van der Waals surface area contributed by atoms with Gasteiger partial charge in [-0.25, -0.2) is 0 Å². The van der Waals surface area contributed by atoms with Crippen LogP contribution in [0.4, 0.5) is 26.3 Å². The average Bonchev–Trinajstić information content (AvgIpc) is 2.29. The SMILES string of the molecule is CC.N#Cc1cc(C(F)(F)F)cc(C(F)(F)F)c1. The number of nitriles is 1. The van der Waals surface area contributed by atoms with E-state index in [4.69, 9.17) is 5.26 Å². The predicted octanol–water partition coefficient (Wildman–Crippen LogP) is 4.62. The van der Waals surface area contributed by atoms with E-state index < -0.39 is 29.0 Å². The molecule has 0 atom stereocenters. The minimum absolute atomic E-state index is 0.0269. The minimum atomic E-state index is -4.91. The summed E-state index contributed by atoms with van der Waals surface area (Å²) in [5, 5.41) is 8.33. The Kier molecular flexibility index (Phi) is 5.21. The van der Waals surface area contributed by atoms with E-state index in [-0.39, 0.29) is 6.07 Å². The van der Waals surface area contributed by atoms with Crippen molar-refractivity contribution in [3.63, 3.8) is 0 Å². The highest BCUT2D eigenvalue weighted by Gasteiger charge is 2.36. The van der Waals surface area contributed by atoms with Crippen molar-refractivity contribution in [2.75, 3.05) is 0 Å². The van der Waals surface area contributed by atoms with Gasteiger partial charge >= 0.3 is 12.4 Å². The molecule has 1 aromatic rings. The van der Waals surface area contributed by atoms with Gasteiger partial charge in [0.15, 0.2) is 0 Å². The van der Waals surface area contributed by atoms with E-state index in [1.807, 2.05) is 13.8 Å². The van der Waals surface area contributed by atoms with Gasteiger partial charge in [-0.05, 0) is 18.2 Å². The van der Waals surface area contributed by atoms with Gasteiger partial charge in [-0.1, -0.05) is 13.8 Å². The van der Waals surface area contributed by atoms with Gasteiger partial charge in [0.25, 0.3) is 0 Å². The highest BCUT2D eigenvalue weighted by atomic mass is 19.4. The first-order chi connectivity index (χ1) is 8.14. The summed E-state index contributed by atoms with van der Waals surface area (Å²) >= 11 is 0. The second-order valence-electron chi connectivity index (χ2n) is 2.91. The largest absolute Gasteiger partial charge is 0.416 e. The highest BCUT2D eigenvalue weighted by Crippen LogP contribution is 2.36. The third-order valence-corrected chi connectivity index (χ3v) is 1.72. The molecule has 1 aromatic carbocycles. The van der Waals surface area contributed by atoms with Crippen LogP contribution in [0.5, 0.6) is 0 Å². The topological polar surface area (TPSA) is 23.8 Å². The molecule has 0 aliphatic heterocycles. The quantitative estimate of drug-likeness (QED) is 0.630. The van der Waals surface area contributed by atoms with Gasteiger partial charge in [0.05, 0.1) is 22.8 Å². The number of hydrogen-bond acceptors (Lipinski definition) is 1. The Morgan fingerprint density at radius 3 is 1.39 bits per heavy atom. The Balaban J connectivity index is 0.00000137. The van der Waals surface area contributed by atoms with E-state index in [1.165, 1.54) is 6.07 Å². The maximum absolute atomic E-state index is 12.2. The lowest BCUT2D eigenvalue weighted by Gasteiger charge is -2.11. The lowest BCUT2D eigenvalue weighted by Crippen LogP contribution is -2.11. The number of halogens is 6. The molecule has 0 amide bonds. The molecule has 0 aliphatic rings. The molecule has 0 aromatic heterocycles. The maximum atomic E-state index is 12.2. The molecular formula is C11H9F6N. The fraction of sp³-hybridized carbons (Fsp3) is 0.364. The van der Waals surface area contributed by atoms with Crippen LogP contribution in [-0.2, 0) is 12.4 Å². The maximum Gasteiger partial charge on any atom is 0.416 e. The Morgan fingerprint density at radius 1 is 0.833 bits per heavy atom. The molecule has 0 saturated heterocycles. The smallest absolute Gasteiger partial charge is 0.192 e. The molecule has 0 radical (unpaired) electrons. The summed E-state index contributed by atoms with van der Waals surface area (Å²) in [5.41, 5.74) is -3.65. The first-order valence-electron chi connectivity index (χ1n) is 4.84. The van der Waals surface area contributed by atoms with Gasteiger partial charge in [0.2, 0.25) is 0 Å². The van der Waals surface area contributed by atoms with E-state index >= 15 is 0 Å². The second-order valence-corrected chi connectivity index (χ2v) is 2.91. The summed E-state index contributed by atoms with van der Waals surface area (Å²) in [6, 6.07) is 1.97. The minimum Gasteiger partial charge on any atom is -0.192 e. The van der Waals surface area contributed by atoms with E-state index in [0.29, 0.717) is 12.1 Å². The van der Waals surface area contributed by atoms with Crippen LogP contribution < -0.4 is 0 Å². The number of alkyl halides is 6. The van der Waals surface area contributed by atoms with Gasteiger partial charge in [-0.15, -0.1) is 0 Å². The fourth-order valence-corrected chi connectivity index (χ4v) is 1.02. The molecule has 0 spiro atoms. The van der Waals surface area contributed by atoms with Crippen molar-refractivity contribution in [3.05, 3.63) is 34.9 Å². The third-order valence-electron chi connectivity index (χ3n) is 1.72. The molecule has 18 heavy (non-hydrogen) atoms. The van der Waals surface area contributed by atoms with Crippen molar-refractivity contribution in [3.8, 4) is 6.07 Å². The zero-order valence-electron chi connectivity index (χ0n) is 9.45. The summed E-state index contributed by atoms with van der Waals surface area (Å²) in [5.74, 6) is 0. The Morgan fingerprint density at radius 2 is 1.17 bits per heavy atom. The van der Waals surface area contributed by atoms with Gasteiger partial charge in [-0.2, -0.15) is 31.6 Å². The molecule has 1 nitrogen and oxygen atoms in total. The standard InChI is InChI=1S/C9H3F6N.C2H6/c10-8(11,12)6-1-5(4-16)2-7(3-6)9(13,14)15;1-2/h1-3H;1-2H3. The summed E-state index contributed by atoms with van der Waals surface area (Å²) in [7, 11) is 0.